The Morgan fingerprint density at radius 2 is 2.00 bits per heavy atom. The standard InChI is InChI=1S/C22H25F4N5O3/c1-13-4-5-17(29-18-10-16(7-9-27-18)34-21(3,23)24)30-19(13)20(33)31-12-22(25,26)8-6-15(31)11-28-14(2)32/h4-5,7,9-10,15H,6,8,11-12H2,1-3H3,(H,28,32)(H,27,29,30). The van der Waals surface area contributed by atoms with Crippen molar-refractivity contribution >= 4 is 23.5 Å². The highest BCUT2D eigenvalue weighted by molar-refractivity contribution is 5.94. The molecule has 0 bridgehead atoms. The highest BCUT2D eigenvalue weighted by Crippen LogP contribution is 2.31. The molecular weight excluding hydrogens is 458 g/mol. The molecular formula is C22H25F4N5O3. The highest BCUT2D eigenvalue weighted by Gasteiger charge is 2.42. The maximum Gasteiger partial charge on any atom is 0.394 e. The number of piperidine rings is 1. The van der Waals surface area contributed by atoms with Gasteiger partial charge in [0.15, 0.2) is 0 Å². The third kappa shape index (κ3) is 6.78. The van der Waals surface area contributed by atoms with Crippen LogP contribution in [0.2, 0.25) is 0 Å². The maximum absolute atomic E-state index is 14.1. The Morgan fingerprint density at radius 1 is 1.26 bits per heavy atom. The van der Waals surface area contributed by atoms with E-state index >= 15 is 0 Å². The lowest BCUT2D eigenvalue weighted by molar-refractivity contribution is -0.158. The van der Waals surface area contributed by atoms with Gasteiger partial charge in [-0.1, -0.05) is 6.07 Å². The van der Waals surface area contributed by atoms with E-state index in [1.54, 1.807) is 13.0 Å². The second kappa shape index (κ2) is 9.82. The predicted octanol–water partition coefficient (Wildman–Crippen LogP) is 3.90. The summed E-state index contributed by atoms with van der Waals surface area (Å²) in [6, 6.07) is 4.99. The molecule has 34 heavy (non-hydrogen) atoms. The average molecular weight is 483 g/mol. The number of anilines is 2. The molecule has 2 amide bonds. The quantitative estimate of drug-likeness (QED) is 0.580. The molecule has 0 radical (unpaired) electrons. The van der Waals surface area contributed by atoms with E-state index < -0.39 is 36.9 Å². The number of aromatic nitrogens is 2. The van der Waals surface area contributed by atoms with Crippen molar-refractivity contribution in [3.63, 3.8) is 0 Å². The fourth-order valence-electron chi connectivity index (χ4n) is 3.53. The lowest BCUT2D eigenvalue weighted by Gasteiger charge is -2.39. The Kier molecular flexibility index (Phi) is 7.27. The van der Waals surface area contributed by atoms with E-state index in [9.17, 15) is 27.2 Å². The third-order valence-electron chi connectivity index (χ3n) is 5.12. The lowest BCUT2D eigenvalue weighted by Crippen LogP contribution is -2.55. The minimum absolute atomic E-state index is 0.0226. The summed E-state index contributed by atoms with van der Waals surface area (Å²) in [4.78, 5) is 33.9. The van der Waals surface area contributed by atoms with Crippen LogP contribution in [0.25, 0.3) is 0 Å². The van der Waals surface area contributed by atoms with Crippen molar-refractivity contribution < 1.29 is 31.9 Å². The molecule has 8 nitrogen and oxygen atoms in total. The van der Waals surface area contributed by atoms with Crippen molar-refractivity contribution in [3.8, 4) is 5.75 Å². The van der Waals surface area contributed by atoms with E-state index in [0.717, 1.165) is 4.90 Å². The second-order valence-corrected chi connectivity index (χ2v) is 8.19. The number of hydrogen-bond donors (Lipinski definition) is 2. The Balaban J connectivity index is 1.83. The zero-order chi connectivity index (χ0) is 25.1. The Morgan fingerprint density at radius 3 is 2.68 bits per heavy atom. The minimum atomic E-state index is -3.38. The van der Waals surface area contributed by atoms with E-state index in [-0.39, 0.29) is 42.0 Å². The number of ether oxygens (including phenoxy) is 1. The fourth-order valence-corrected chi connectivity index (χ4v) is 3.53. The van der Waals surface area contributed by atoms with E-state index in [1.807, 2.05) is 0 Å². The van der Waals surface area contributed by atoms with Gasteiger partial charge in [-0.25, -0.2) is 18.7 Å². The molecule has 0 aromatic carbocycles. The first-order valence-electron chi connectivity index (χ1n) is 10.5. The first-order valence-corrected chi connectivity index (χ1v) is 10.5. The maximum atomic E-state index is 14.1. The molecule has 184 valence electrons. The number of hydrogen-bond acceptors (Lipinski definition) is 6. The molecule has 1 unspecified atom stereocenters. The summed E-state index contributed by atoms with van der Waals surface area (Å²) >= 11 is 0. The molecule has 0 spiro atoms. The van der Waals surface area contributed by atoms with Gasteiger partial charge < -0.3 is 20.3 Å². The summed E-state index contributed by atoms with van der Waals surface area (Å²) in [5.74, 6) is -3.94. The van der Waals surface area contributed by atoms with Crippen LogP contribution in [-0.4, -0.2) is 57.8 Å². The van der Waals surface area contributed by atoms with E-state index in [2.05, 4.69) is 25.3 Å². The number of carbonyl (C=O) groups excluding carboxylic acids is 2. The summed E-state index contributed by atoms with van der Waals surface area (Å²) in [6.45, 7) is 2.78. The number of nitrogens with zero attached hydrogens (tertiary/aromatic N) is 3. The van der Waals surface area contributed by atoms with Crippen LogP contribution in [0.4, 0.5) is 29.2 Å². The molecule has 1 atom stereocenters. The van der Waals surface area contributed by atoms with E-state index in [4.69, 9.17) is 0 Å². The number of aryl methyl sites for hydroxylation is 1. The lowest BCUT2D eigenvalue weighted by atomic mass is 9.98. The van der Waals surface area contributed by atoms with Crippen LogP contribution in [-0.2, 0) is 4.79 Å². The number of nitrogens with one attached hydrogen (secondary N) is 2. The van der Waals surface area contributed by atoms with Crippen LogP contribution < -0.4 is 15.4 Å². The molecule has 0 saturated carbocycles. The largest absolute Gasteiger partial charge is 0.433 e. The molecule has 1 aliphatic rings. The van der Waals surface area contributed by atoms with E-state index in [0.29, 0.717) is 12.5 Å². The van der Waals surface area contributed by atoms with Gasteiger partial charge in [-0.2, -0.15) is 8.78 Å². The molecule has 1 aliphatic heterocycles. The van der Waals surface area contributed by atoms with Crippen molar-refractivity contribution in [1.82, 2.24) is 20.2 Å². The summed E-state index contributed by atoms with van der Waals surface area (Å²) in [7, 11) is 0. The predicted molar refractivity (Wildman–Crippen MR) is 115 cm³/mol. The van der Waals surface area contributed by atoms with Crippen molar-refractivity contribution in [2.24, 2.45) is 0 Å². The van der Waals surface area contributed by atoms with E-state index in [1.165, 1.54) is 31.3 Å². The Labute approximate surface area is 193 Å². The summed E-state index contributed by atoms with van der Waals surface area (Å²) in [6.07, 6.45) is -2.50. The Hall–Kier alpha value is -3.44. The number of likely N-dealkylation sites (tertiary alicyclic amines) is 1. The molecule has 3 rings (SSSR count). The highest BCUT2D eigenvalue weighted by atomic mass is 19.3. The SMILES string of the molecule is CC(=O)NCC1CCC(F)(F)CN1C(=O)c1nc(Nc2cc(OC(C)(F)F)ccn2)ccc1C. The third-order valence-corrected chi connectivity index (χ3v) is 5.12. The Bertz CT molecular complexity index is 1060. The second-order valence-electron chi connectivity index (χ2n) is 8.19. The number of rotatable bonds is 7. The fraction of sp³-hybridized carbons (Fsp3) is 0.455. The van der Waals surface area contributed by atoms with Crippen LogP contribution in [0.3, 0.4) is 0 Å². The van der Waals surface area contributed by atoms with Crippen molar-refractivity contribution in [3.05, 3.63) is 41.7 Å². The molecule has 1 saturated heterocycles. The van der Waals surface area contributed by atoms with Gasteiger partial charge in [0.2, 0.25) is 5.91 Å². The van der Waals surface area contributed by atoms with Crippen LogP contribution in [0.15, 0.2) is 30.5 Å². The van der Waals surface area contributed by atoms with Crippen LogP contribution in [0, 0.1) is 6.92 Å². The van der Waals surface area contributed by atoms with Crippen molar-refractivity contribution in [2.75, 3.05) is 18.4 Å². The number of pyridine rings is 2. The molecule has 0 aliphatic carbocycles. The first kappa shape index (κ1) is 25.2. The number of alkyl halides is 4. The van der Waals surface area contributed by atoms with Gasteiger partial charge in [0.25, 0.3) is 11.8 Å². The van der Waals surface area contributed by atoms with Gasteiger partial charge in [-0.15, -0.1) is 0 Å². The van der Waals surface area contributed by atoms with Crippen LogP contribution >= 0.6 is 0 Å². The first-order chi connectivity index (χ1) is 15.8. The van der Waals surface area contributed by atoms with Gasteiger partial charge in [0, 0.05) is 45.1 Å². The normalized spacial score (nSPS) is 17.7. The molecule has 2 N–H and O–H groups in total. The summed E-state index contributed by atoms with van der Waals surface area (Å²) in [5.41, 5.74) is 0.404. The van der Waals surface area contributed by atoms with Crippen LogP contribution in [0.5, 0.6) is 5.75 Å². The van der Waals surface area contributed by atoms with Crippen LogP contribution in [0.1, 0.15) is 42.7 Å². The molecule has 2 aromatic heterocycles. The zero-order valence-corrected chi connectivity index (χ0v) is 18.9. The van der Waals surface area contributed by atoms with Crippen molar-refractivity contribution in [1.29, 1.82) is 0 Å². The summed E-state index contributed by atoms with van der Waals surface area (Å²) in [5, 5.41) is 5.37. The zero-order valence-electron chi connectivity index (χ0n) is 18.9. The van der Waals surface area contributed by atoms with Gasteiger partial charge >= 0.3 is 6.11 Å². The topological polar surface area (TPSA) is 96.5 Å². The molecule has 3 heterocycles. The monoisotopic (exact) mass is 483 g/mol. The molecule has 1 fully saturated rings. The number of amides is 2. The minimum Gasteiger partial charge on any atom is -0.433 e. The smallest absolute Gasteiger partial charge is 0.394 e. The van der Waals surface area contributed by atoms with Gasteiger partial charge in [0.05, 0.1) is 6.54 Å². The molecule has 2 aromatic rings. The van der Waals surface area contributed by atoms with Crippen molar-refractivity contribution in [2.45, 2.75) is 51.7 Å². The molecule has 12 heteroatoms. The summed E-state index contributed by atoms with van der Waals surface area (Å²) < 4.78 is 59.0. The van der Waals surface area contributed by atoms with Gasteiger partial charge in [-0.3, -0.25) is 9.59 Å². The van der Waals surface area contributed by atoms with Gasteiger partial charge in [0.1, 0.15) is 23.1 Å². The number of halogens is 4. The average Bonchev–Trinajstić information content (AvgIpc) is 2.72. The number of carbonyl (C=O) groups is 2. The van der Waals surface area contributed by atoms with Gasteiger partial charge in [-0.05, 0) is 31.0 Å².